The molecular formula is C61H88N2O21. The maximum absolute atomic E-state index is 15.5. The number of alkyl carbamates (subject to hydrolysis) is 1. The molecule has 6 fully saturated rings. The summed E-state index contributed by atoms with van der Waals surface area (Å²) in [5.41, 5.74) is -3.76. The molecule has 5 aliphatic heterocycles. The molecule has 5 saturated heterocycles. The lowest BCUT2D eigenvalue weighted by Crippen LogP contribution is -2.65. The van der Waals surface area contributed by atoms with Gasteiger partial charge in [0.1, 0.15) is 42.0 Å². The van der Waals surface area contributed by atoms with Gasteiger partial charge in [0.25, 0.3) is 0 Å². The van der Waals surface area contributed by atoms with E-state index in [1.807, 2.05) is 26.0 Å². The van der Waals surface area contributed by atoms with Gasteiger partial charge >= 0.3 is 12.1 Å². The average Bonchev–Trinajstić information content (AvgIpc) is 2.80. The second-order valence-corrected chi connectivity index (χ2v) is 25.8. The van der Waals surface area contributed by atoms with Crippen molar-refractivity contribution >= 4 is 24.1 Å². The van der Waals surface area contributed by atoms with Gasteiger partial charge in [0.15, 0.2) is 30.8 Å². The Morgan fingerprint density at radius 3 is 2.01 bits per heavy atom. The van der Waals surface area contributed by atoms with Gasteiger partial charge in [-0.1, -0.05) is 63.6 Å². The average molecular weight is 1190 g/mol. The van der Waals surface area contributed by atoms with Crippen molar-refractivity contribution in [2.24, 2.45) is 46.8 Å². The first-order valence-corrected chi connectivity index (χ1v) is 29.8. The summed E-state index contributed by atoms with van der Waals surface area (Å²) < 4.78 is 67.8. The van der Waals surface area contributed by atoms with Crippen molar-refractivity contribution in [3.63, 3.8) is 0 Å². The first-order chi connectivity index (χ1) is 39.6. The van der Waals surface area contributed by atoms with Gasteiger partial charge in [-0.3, -0.25) is 19.7 Å². The van der Waals surface area contributed by atoms with Gasteiger partial charge < -0.3 is 77.8 Å². The highest BCUT2D eigenvalue weighted by molar-refractivity contribution is 6.26. The number of nitrogens with one attached hydrogen (secondary N) is 1. The number of ketones is 1. The lowest BCUT2D eigenvalue weighted by atomic mass is 9.49. The van der Waals surface area contributed by atoms with Crippen LogP contribution >= 0.6 is 0 Å². The first kappa shape index (κ1) is 64.0. The molecule has 1 amide bonds. The molecule has 0 aromatic heterocycles. The Morgan fingerprint density at radius 1 is 0.762 bits per heavy atom. The number of nitrogens with zero attached hydrogens (tertiary/aromatic N) is 1. The van der Waals surface area contributed by atoms with Crippen molar-refractivity contribution in [2.75, 3.05) is 14.2 Å². The number of carbonyl (C=O) groups is 4. The number of hydrogen-bond donors (Lipinski definition) is 5. The van der Waals surface area contributed by atoms with E-state index in [-0.39, 0.29) is 50.4 Å². The van der Waals surface area contributed by atoms with Crippen LogP contribution in [0.15, 0.2) is 58.4 Å². The van der Waals surface area contributed by atoms with Gasteiger partial charge in [-0.25, -0.2) is 9.59 Å². The minimum atomic E-state index is -1.87. The van der Waals surface area contributed by atoms with E-state index in [0.29, 0.717) is 23.9 Å². The Bertz CT molecular complexity index is 2630. The van der Waals surface area contributed by atoms with Crippen LogP contribution in [0.3, 0.4) is 0 Å². The molecule has 1 spiro atoms. The number of esters is 1. The molecule has 0 aromatic rings. The zero-order valence-electron chi connectivity index (χ0n) is 50.4. The number of amides is 1. The summed E-state index contributed by atoms with van der Waals surface area (Å²) >= 11 is 0. The number of nitro groups is 1. The monoisotopic (exact) mass is 1180 g/mol. The van der Waals surface area contributed by atoms with E-state index >= 15 is 4.79 Å². The molecule has 5 N–H and O–H groups in total. The summed E-state index contributed by atoms with van der Waals surface area (Å²) in [6.45, 7) is 19.8. The quantitative estimate of drug-likeness (QED) is 0.0386. The molecule has 5 heterocycles. The summed E-state index contributed by atoms with van der Waals surface area (Å²) in [6, 6.07) is -1.09. The predicted molar refractivity (Wildman–Crippen MR) is 297 cm³/mol. The molecule has 9 aliphatic rings. The third kappa shape index (κ3) is 11.7. The molecule has 27 atom stereocenters. The molecule has 0 radical (unpaired) electrons. The second-order valence-electron chi connectivity index (χ2n) is 25.8. The number of aliphatic hydroxyl groups excluding tert-OH is 4. The third-order valence-electron chi connectivity index (χ3n) is 20.2. The summed E-state index contributed by atoms with van der Waals surface area (Å²) in [5, 5.41) is 62.2. The topological polar surface area (TPSA) is 306 Å². The van der Waals surface area contributed by atoms with Crippen LogP contribution in [0, 0.1) is 57.0 Å². The van der Waals surface area contributed by atoms with Gasteiger partial charge in [-0.05, 0) is 89.2 Å². The Kier molecular flexibility index (Phi) is 19.0. The van der Waals surface area contributed by atoms with Crippen LogP contribution in [-0.4, -0.2) is 179 Å². The Morgan fingerprint density at radius 2 is 1.38 bits per heavy atom. The minimum absolute atomic E-state index is 0.00996. The maximum Gasteiger partial charge on any atom is 0.407 e. The van der Waals surface area contributed by atoms with Crippen LogP contribution in [0.1, 0.15) is 121 Å². The van der Waals surface area contributed by atoms with Crippen molar-refractivity contribution in [1.82, 2.24) is 5.32 Å². The third-order valence-corrected chi connectivity index (χ3v) is 20.2. The molecule has 1 saturated carbocycles. The number of methoxy groups -OCH3 is 2. The smallest absolute Gasteiger partial charge is 0.407 e. The number of carbonyl (C=O) groups excluding carboxylic acids is 4. The van der Waals surface area contributed by atoms with Crippen LogP contribution in [0.5, 0.6) is 0 Å². The molecular weight excluding hydrogens is 1100 g/mol. The molecule has 23 nitrogen and oxygen atoms in total. The highest BCUT2D eigenvalue weighted by atomic mass is 16.7. The van der Waals surface area contributed by atoms with Gasteiger partial charge in [-0.2, -0.15) is 0 Å². The van der Waals surface area contributed by atoms with Crippen LogP contribution in [0.2, 0.25) is 0 Å². The number of hydrogen-bond acceptors (Lipinski definition) is 21. The predicted octanol–water partition coefficient (Wildman–Crippen LogP) is 5.78. The van der Waals surface area contributed by atoms with Gasteiger partial charge in [0, 0.05) is 67.8 Å². The fourth-order valence-electron chi connectivity index (χ4n) is 15.7. The molecule has 23 heteroatoms. The van der Waals surface area contributed by atoms with E-state index in [1.165, 1.54) is 14.0 Å². The molecule has 4 aliphatic carbocycles. The number of aliphatic hydroxyl groups is 4. The highest BCUT2D eigenvalue weighted by Gasteiger charge is 2.64. The van der Waals surface area contributed by atoms with Gasteiger partial charge in [-0.15, -0.1) is 0 Å². The van der Waals surface area contributed by atoms with Gasteiger partial charge in [0.05, 0.1) is 68.5 Å². The van der Waals surface area contributed by atoms with Crippen molar-refractivity contribution in [3.8, 4) is 0 Å². The maximum atomic E-state index is 15.5. The van der Waals surface area contributed by atoms with Crippen LogP contribution in [0.4, 0.5) is 4.79 Å². The summed E-state index contributed by atoms with van der Waals surface area (Å²) in [5.74, 6) is -5.42. The van der Waals surface area contributed by atoms with Crippen molar-refractivity contribution in [1.29, 1.82) is 0 Å². The lowest BCUT2D eigenvalue weighted by molar-refractivity contribution is -0.584. The number of Topliss-reactive ketones (excluding diaryl/α,β-unsaturated/α-hetero) is 1. The molecule has 84 heavy (non-hydrogen) atoms. The van der Waals surface area contributed by atoms with Crippen molar-refractivity contribution < 1.29 is 96.6 Å². The Balaban J connectivity index is 1.01. The minimum Gasteiger partial charge on any atom is -0.511 e. The van der Waals surface area contributed by atoms with Crippen molar-refractivity contribution in [2.45, 2.75) is 237 Å². The van der Waals surface area contributed by atoms with E-state index < -0.39 is 185 Å². The standard InChI is InChI=1S/C61H88N2O21/c1-27-14-17-42(80-47-25-59(10,63(72)73)54(35(9)79-47)62-58(71)75-13)28(2)19-37-20-36(26-64)31(5)24-61(37)56(69)48(57(70)84-61)55(68)60(11)39(27)16-15-38-49(60)29(3)18-30(4)51(38)82-46-23-43(50(67)32(6)76-46)81-44-22-41(66)53(34(8)78-44)83-45-21-40(65)52(74-12)33(7)77-45/h14-16,19-20,26,29-35,37-47,49-54,65-68H,17-18,21-25H2,1-13H3,(H,62,71)/b27-14+,28-19-,55-48-/t29-,30-,31+,32+,33+,34+,35+,37-,38-,39-,40-,41-,42?,43-,44?,45?,46?,47+,49+,50+,51-,52+,53+,54-,59-,60+,61?/m1/s1. The molecule has 468 valence electrons. The Hall–Kier alpha value is -4.50. The van der Waals surface area contributed by atoms with E-state index in [2.05, 4.69) is 25.2 Å². The fraction of sp³-hybridized carbons (Fsp3) is 0.770. The van der Waals surface area contributed by atoms with E-state index in [0.717, 1.165) is 12.7 Å². The number of rotatable bonds is 12. The lowest BCUT2D eigenvalue weighted by Gasteiger charge is -2.56. The summed E-state index contributed by atoms with van der Waals surface area (Å²) in [6.07, 6.45) is -3.30. The zero-order valence-corrected chi connectivity index (χ0v) is 50.4. The summed E-state index contributed by atoms with van der Waals surface area (Å²) in [4.78, 5) is 67.6. The molecule has 9 rings (SSSR count). The van der Waals surface area contributed by atoms with Crippen LogP contribution in [-0.2, 0) is 66.5 Å². The molecule has 0 aromatic carbocycles. The van der Waals surface area contributed by atoms with Crippen LogP contribution in [0.25, 0.3) is 0 Å². The highest BCUT2D eigenvalue weighted by Crippen LogP contribution is 2.61. The normalized spacial score (nSPS) is 49.3. The number of ether oxygens (including phenoxy) is 11. The first-order valence-electron chi connectivity index (χ1n) is 29.8. The van der Waals surface area contributed by atoms with E-state index in [9.17, 15) is 44.9 Å². The van der Waals surface area contributed by atoms with E-state index in [1.54, 1.807) is 53.7 Å². The largest absolute Gasteiger partial charge is 0.511 e. The van der Waals surface area contributed by atoms with Crippen molar-refractivity contribution in [3.05, 3.63) is 68.5 Å². The van der Waals surface area contributed by atoms with E-state index in [4.69, 9.17) is 52.1 Å². The number of aldehydes is 1. The van der Waals surface area contributed by atoms with Gasteiger partial charge in [0.2, 0.25) is 11.3 Å². The number of fused-ring (bicyclic) bond motifs is 4. The molecule has 2 bridgehead atoms. The molecule has 5 unspecified atom stereocenters. The zero-order chi connectivity index (χ0) is 61.2. The Labute approximate surface area is 490 Å². The second kappa shape index (κ2) is 24.9. The fourth-order valence-corrected chi connectivity index (χ4v) is 15.7. The SMILES string of the molecule is COC(=O)N[C@@H]1[C@H](C)O[C@@H](OC2C/C=C(\C)[C@H]3C=C[C@H]4[C@H](OC5C[C@@H](OC6C[C@@H](O)[C@@H](OC7C[C@@H](O)[C@@H](OC)[C@H](C)O7)[C@H](C)O6)[C@@H](O)[C@H](C)O5)[C@H](C)C[C@@H](C)[C@@H]4[C@@]3(C)/C(O)=C3/C(=O)OC4(C[C@H](C)C(C=O)=C[C@H]4/C=C\2C)C3=O)C[C@@]1(C)[N+](=O)[O-]. The summed E-state index contributed by atoms with van der Waals surface area (Å²) in [7, 11) is 2.66. The number of allylic oxidation sites excluding steroid dienone is 4. The van der Waals surface area contributed by atoms with Crippen LogP contribution < -0.4 is 5.32 Å².